The van der Waals surface area contributed by atoms with Crippen LogP contribution in [0, 0.1) is 11.3 Å². The van der Waals surface area contributed by atoms with Gasteiger partial charge in [-0.25, -0.2) is 5.43 Å². The molecule has 0 aliphatic carbocycles. The van der Waals surface area contributed by atoms with Crippen molar-refractivity contribution in [3.63, 3.8) is 0 Å². The van der Waals surface area contributed by atoms with Gasteiger partial charge in [-0.1, -0.05) is 6.92 Å². The minimum absolute atomic E-state index is 0.415. The number of nitrogens with zero attached hydrogens (tertiary/aromatic N) is 1. The summed E-state index contributed by atoms with van der Waals surface area (Å²) in [6, 6.07) is 1.95. The molecule has 0 unspecified atom stereocenters. The van der Waals surface area contributed by atoms with Crippen LogP contribution in [0.2, 0.25) is 0 Å². The van der Waals surface area contributed by atoms with E-state index in [1.54, 1.807) is 0 Å². The van der Waals surface area contributed by atoms with Crippen LogP contribution in [-0.2, 0) is 4.84 Å². The lowest BCUT2D eigenvalue weighted by Gasteiger charge is -2.01. The van der Waals surface area contributed by atoms with Crippen LogP contribution < -0.4 is 11.0 Å². The van der Waals surface area contributed by atoms with Crippen molar-refractivity contribution in [2.45, 2.75) is 13.3 Å². The summed E-state index contributed by atoms with van der Waals surface area (Å²) in [4.78, 5) is 4.73. The van der Waals surface area contributed by atoms with E-state index in [4.69, 9.17) is 10.1 Å². The first-order valence-corrected chi connectivity index (χ1v) is 2.88. The van der Waals surface area contributed by atoms with Crippen molar-refractivity contribution < 1.29 is 4.84 Å². The Morgan fingerprint density at radius 3 is 3.00 bits per heavy atom. The highest BCUT2D eigenvalue weighted by Crippen LogP contribution is 1.72. The van der Waals surface area contributed by atoms with Crippen LogP contribution in [0.5, 0.6) is 0 Å². The molecule has 0 rings (SSSR count). The van der Waals surface area contributed by atoms with E-state index < -0.39 is 0 Å². The van der Waals surface area contributed by atoms with Crippen LogP contribution in [0.4, 0.5) is 0 Å². The molecule has 52 valence electrons. The summed E-state index contributed by atoms with van der Waals surface area (Å²) in [5, 5.41) is 8.04. The Balaban J connectivity index is 2.69. The molecule has 0 atom stereocenters. The molecule has 0 aromatic carbocycles. The first-order chi connectivity index (χ1) is 4.41. The van der Waals surface area contributed by atoms with Crippen molar-refractivity contribution >= 4 is 0 Å². The van der Waals surface area contributed by atoms with E-state index in [9.17, 15) is 0 Å². The highest BCUT2D eigenvalue weighted by Gasteiger charge is 1.81. The lowest BCUT2D eigenvalue weighted by molar-refractivity contribution is 0.0156. The second kappa shape index (κ2) is 7.37. The second-order valence-corrected chi connectivity index (χ2v) is 1.39. The normalized spacial score (nSPS) is 8.89. The largest absolute Gasteiger partial charge is 0.286 e. The number of rotatable bonds is 5. The van der Waals surface area contributed by atoms with Crippen LogP contribution in [0.1, 0.15) is 13.3 Å². The van der Waals surface area contributed by atoms with Gasteiger partial charge >= 0.3 is 0 Å². The molecule has 0 heterocycles. The number of nitrogens with one attached hydrogen (secondary N) is 2. The third-order valence-corrected chi connectivity index (χ3v) is 0.637. The van der Waals surface area contributed by atoms with E-state index in [0.29, 0.717) is 13.0 Å². The molecule has 0 spiro atoms. The minimum atomic E-state index is 0.415. The third kappa shape index (κ3) is 7.37. The monoisotopic (exact) mass is 129 g/mol. The van der Waals surface area contributed by atoms with Crippen LogP contribution in [0.25, 0.3) is 0 Å². The zero-order valence-electron chi connectivity index (χ0n) is 5.48. The molecular weight excluding hydrogens is 118 g/mol. The number of nitriles is 1. The Hall–Kier alpha value is -0.630. The molecule has 0 aliphatic heterocycles. The van der Waals surface area contributed by atoms with Crippen LogP contribution >= 0.6 is 0 Å². The first kappa shape index (κ1) is 8.37. The fourth-order valence-corrected chi connectivity index (χ4v) is 0.271. The Morgan fingerprint density at radius 1 is 1.67 bits per heavy atom. The van der Waals surface area contributed by atoms with Gasteiger partial charge in [0, 0.05) is 6.54 Å². The van der Waals surface area contributed by atoms with Gasteiger partial charge in [0.2, 0.25) is 0 Å². The average Bonchev–Trinajstić information content (AvgIpc) is 1.89. The predicted octanol–water partition coefficient (Wildman–Crippen LogP) is -0.0542. The van der Waals surface area contributed by atoms with Gasteiger partial charge in [-0.3, -0.25) is 4.84 Å². The summed E-state index contributed by atoms with van der Waals surface area (Å²) in [5.41, 5.74) is 5.19. The van der Waals surface area contributed by atoms with Crippen molar-refractivity contribution in [2.75, 3.05) is 13.2 Å². The maximum atomic E-state index is 8.04. The molecular formula is C5H11N3O. The van der Waals surface area contributed by atoms with Crippen LogP contribution in [0.15, 0.2) is 0 Å². The van der Waals surface area contributed by atoms with E-state index in [2.05, 4.69) is 11.0 Å². The maximum absolute atomic E-state index is 8.04. The van der Waals surface area contributed by atoms with E-state index in [0.717, 1.165) is 6.54 Å². The molecule has 4 heteroatoms. The second-order valence-electron chi connectivity index (χ2n) is 1.39. The van der Waals surface area contributed by atoms with E-state index in [1.807, 2.05) is 13.0 Å². The Labute approximate surface area is 54.7 Å². The average molecular weight is 129 g/mol. The van der Waals surface area contributed by atoms with Gasteiger partial charge in [0.15, 0.2) is 0 Å². The molecule has 0 aromatic rings. The number of hydrogen-bond acceptors (Lipinski definition) is 4. The smallest absolute Gasteiger partial charge is 0.0828 e. The molecule has 0 aliphatic rings. The van der Waals surface area contributed by atoms with E-state index >= 15 is 0 Å². The van der Waals surface area contributed by atoms with Gasteiger partial charge in [-0.05, 0) is 0 Å². The molecule has 0 saturated heterocycles. The van der Waals surface area contributed by atoms with Gasteiger partial charge in [-0.2, -0.15) is 5.26 Å². The number of hydrogen-bond donors (Lipinski definition) is 2. The SMILES string of the molecule is CCNNOCCC#N. The van der Waals surface area contributed by atoms with Gasteiger partial charge in [0.1, 0.15) is 0 Å². The first-order valence-electron chi connectivity index (χ1n) is 2.88. The lowest BCUT2D eigenvalue weighted by atomic mass is 10.5. The van der Waals surface area contributed by atoms with Crippen molar-refractivity contribution in [1.29, 1.82) is 5.26 Å². The lowest BCUT2D eigenvalue weighted by Crippen LogP contribution is -2.31. The molecule has 4 nitrogen and oxygen atoms in total. The summed E-state index contributed by atoms with van der Waals surface area (Å²) in [5.74, 6) is 0. The highest BCUT2D eigenvalue weighted by molar-refractivity contribution is 4.66. The predicted molar refractivity (Wildman–Crippen MR) is 33.0 cm³/mol. The van der Waals surface area contributed by atoms with Gasteiger partial charge < -0.3 is 0 Å². The van der Waals surface area contributed by atoms with Crippen molar-refractivity contribution in [2.24, 2.45) is 0 Å². The maximum Gasteiger partial charge on any atom is 0.0828 e. The molecule has 2 N–H and O–H groups in total. The topological polar surface area (TPSA) is 57.1 Å². The van der Waals surface area contributed by atoms with Crippen molar-refractivity contribution in [3.05, 3.63) is 0 Å². The summed E-state index contributed by atoms with van der Waals surface area (Å²) >= 11 is 0. The summed E-state index contributed by atoms with van der Waals surface area (Å²) in [6.45, 7) is 3.16. The van der Waals surface area contributed by atoms with Crippen molar-refractivity contribution in [1.82, 2.24) is 11.0 Å². The Morgan fingerprint density at radius 2 is 2.44 bits per heavy atom. The van der Waals surface area contributed by atoms with Gasteiger partial charge in [0.25, 0.3) is 0 Å². The zero-order valence-corrected chi connectivity index (χ0v) is 5.48. The fraction of sp³-hybridized carbons (Fsp3) is 0.800. The molecule has 0 bridgehead atoms. The molecule has 0 aromatic heterocycles. The highest BCUT2D eigenvalue weighted by atomic mass is 16.7. The van der Waals surface area contributed by atoms with E-state index in [-0.39, 0.29) is 0 Å². The molecule has 0 fully saturated rings. The van der Waals surface area contributed by atoms with Crippen LogP contribution in [-0.4, -0.2) is 13.2 Å². The minimum Gasteiger partial charge on any atom is -0.286 e. The fourth-order valence-electron chi connectivity index (χ4n) is 0.271. The van der Waals surface area contributed by atoms with E-state index in [1.165, 1.54) is 0 Å². The van der Waals surface area contributed by atoms with Gasteiger partial charge in [-0.15, -0.1) is 5.59 Å². The van der Waals surface area contributed by atoms with Crippen molar-refractivity contribution in [3.8, 4) is 6.07 Å². The molecule has 0 amide bonds. The Kier molecular flexibility index (Phi) is 6.85. The van der Waals surface area contributed by atoms with Gasteiger partial charge in [0.05, 0.1) is 19.1 Å². The molecule has 0 saturated carbocycles. The zero-order chi connectivity index (χ0) is 6.95. The third-order valence-electron chi connectivity index (χ3n) is 0.637. The molecule has 9 heavy (non-hydrogen) atoms. The summed E-state index contributed by atoms with van der Waals surface area (Å²) < 4.78 is 0. The summed E-state index contributed by atoms with van der Waals surface area (Å²) in [6.07, 6.45) is 0.415. The number of hydrazine groups is 1. The summed E-state index contributed by atoms with van der Waals surface area (Å²) in [7, 11) is 0. The Bertz CT molecular complexity index is 88.7. The quantitative estimate of drug-likeness (QED) is 0.403. The van der Waals surface area contributed by atoms with Crippen LogP contribution in [0.3, 0.4) is 0 Å². The standard InChI is InChI=1S/C5H11N3O/c1-2-7-8-9-5-3-4-6/h7-8H,2-3,5H2,1H3. The molecule has 0 radical (unpaired) electrons.